The lowest BCUT2D eigenvalue weighted by Gasteiger charge is -2.04. The SMILES string of the molecule is CCOCCNS(=O)(=O)c1cnn(CCO)c1. The van der Waals surface area contributed by atoms with Crippen LogP contribution in [0.1, 0.15) is 6.92 Å². The van der Waals surface area contributed by atoms with Crippen LogP contribution in [0.2, 0.25) is 0 Å². The largest absolute Gasteiger partial charge is 0.394 e. The average molecular weight is 263 g/mol. The van der Waals surface area contributed by atoms with E-state index < -0.39 is 10.0 Å². The Morgan fingerprint density at radius 1 is 1.59 bits per heavy atom. The minimum absolute atomic E-state index is 0.0844. The number of sulfonamides is 1. The number of aliphatic hydroxyl groups is 1. The number of nitrogens with one attached hydrogen (secondary N) is 1. The van der Waals surface area contributed by atoms with Gasteiger partial charge in [-0.15, -0.1) is 0 Å². The summed E-state index contributed by atoms with van der Waals surface area (Å²) in [4.78, 5) is 0.0856. The van der Waals surface area contributed by atoms with Gasteiger partial charge in [0.25, 0.3) is 0 Å². The van der Waals surface area contributed by atoms with Crippen LogP contribution in [0.5, 0.6) is 0 Å². The molecule has 0 aliphatic carbocycles. The topological polar surface area (TPSA) is 93.5 Å². The smallest absolute Gasteiger partial charge is 0.243 e. The molecule has 0 fully saturated rings. The molecule has 0 unspecified atom stereocenters. The highest BCUT2D eigenvalue weighted by atomic mass is 32.2. The molecule has 1 aromatic heterocycles. The molecule has 1 aromatic rings. The van der Waals surface area contributed by atoms with Gasteiger partial charge in [-0.25, -0.2) is 13.1 Å². The molecule has 0 aliphatic rings. The minimum atomic E-state index is -3.53. The van der Waals surface area contributed by atoms with E-state index in [1.54, 1.807) is 0 Å². The molecule has 0 aliphatic heterocycles. The molecule has 1 heterocycles. The van der Waals surface area contributed by atoms with Crippen molar-refractivity contribution in [2.24, 2.45) is 0 Å². The van der Waals surface area contributed by atoms with Crippen LogP contribution in [0.15, 0.2) is 17.3 Å². The predicted molar refractivity (Wildman–Crippen MR) is 61.0 cm³/mol. The Hall–Kier alpha value is -0.960. The van der Waals surface area contributed by atoms with Crippen LogP contribution in [0.4, 0.5) is 0 Å². The Labute approximate surface area is 100 Å². The fourth-order valence-electron chi connectivity index (χ4n) is 1.18. The molecule has 1 rings (SSSR count). The predicted octanol–water partition coefficient (Wildman–Crippen LogP) is -0.810. The van der Waals surface area contributed by atoms with Crippen molar-refractivity contribution in [2.75, 3.05) is 26.4 Å². The van der Waals surface area contributed by atoms with Crippen LogP contribution < -0.4 is 4.72 Å². The van der Waals surface area contributed by atoms with Crippen LogP contribution in [0.25, 0.3) is 0 Å². The van der Waals surface area contributed by atoms with E-state index in [1.807, 2.05) is 6.92 Å². The zero-order valence-electron chi connectivity index (χ0n) is 9.66. The second kappa shape index (κ2) is 6.70. The van der Waals surface area contributed by atoms with Crippen molar-refractivity contribution < 1.29 is 18.3 Å². The van der Waals surface area contributed by atoms with Crippen LogP contribution in [0.3, 0.4) is 0 Å². The maximum Gasteiger partial charge on any atom is 0.243 e. The Morgan fingerprint density at radius 2 is 2.35 bits per heavy atom. The molecule has 98 valence electrons. The number of hydrogen-bond donors (Lipinski definition) is 2. The zero-order chi connectivity index (χ0) is 12.7. The summed E-state index contributed by atoms with van der Waals surface area (Å²) < 4.78 is 32.3. The van der Waals surface area contributed by atoms with Crippen molar-refractivity contribution in [3.63, 3.8) is 0 Å². The number of rotatable bonds is 8. The molecule has 0 bridgehead atoms. The van der Waals surface area contributed by atoms with Gasteiger partial charge in [0.1, 0.15) is 4.90 Å². The molecule has 0 radical (unpaired) electrons. The van der Waals surface area contributed by atoms with Gasteiger partial charge in [-0.2, -0.15) is 5.10 Å². The summed E-state index contributed by atoms with van der Waals surface area (Å²) in [7, 11) is -3.53. The van der Waals surface area contributed by atoms with E-state index in [-0.39, 0.29) is 24.6 Å². The Kier molecular flexibility index (Phi) is 5.56. The van der Waals surface area contributed by atoms with E-state index in [1.165, 1.54) is 17.1 Å². The van der Waals surface area contributed by atoms with Crippen molar-refractivity contribution in [1.29, 1.82) is 0 Å². The van der Waals surface area contributed by atoms with Crippen LogP contribution in [-0.4, -0.2) is 49.7 Å². The fourth-order valence-corrected chi connectivity index (χ4v) is 2.15. The third-order valence-corrected chi connectivity index (χ3v) is 3.41. The van der Waals surface area contributed by atoms with E-state index in [0.29, 0.717) is 13.2 Å². The molecule has 0 saturated carbocycles. The standard InChI is InChI=1S/C9H17N3O4S/c1-2-16-6-3-11-17(14,15)9-7-10-12(8-9)4-5-13/h7-8,11,13H,2-6H2,1H3. The number of nitrogens with zero attached hydrogens (tertiary/aromatic N) is 2. The summed E-state index contributed by atoms with van der Waals surface area (Å²) in [6.45, 7) is 3.14. The summed E-state index contributed by atoms with van der Waals surface area (Å²) >= 11 is 0. The van der Waals surface area contributed by atoms with Gasteiger partial charge < -0.3 is 9.84 Å². The first kappa shape index (κ1) is 14.1. The first-order valence-electron chi connectivity index (χ1n) is 5.31. The van der Waals surface area contributed by atoms with Gasteiger partial charge in [-0.3, -0.25) is 4.68 Å². The molecule has 0 aromatic carbocycles. The van der Waals surface area contributed by atoms with Gasteiger partial charge in [-0.05, 0) is 6.92 Å². The highest BCUT2D eigenvalue weighted by molar-refractivity contribution is 7.89. The fraction of sp³-hybridized carbons (Fsp3) is 0.667. The molecule has 7 nitrogen and oxygen atoms in total. The van der Waals surface area contributed by atoms with E-state index >= 15 is 0 Å². The van der Waals surface area contributed by atoms with E-state index in [9.17, 15) is 8.42 Å². The lowest BCUT2D eigenvalue weighted by atomic mass is 10.7. The van der Waals surface area contributed by atoms with Crippen LogP contribution in [0, 0.1) is 0 Å². The van der Waals surface area contributed by atoms with Gasteiger partial charge >= 0.3 is 0 Å². The van der Waals surface area contributed by atoms with Gasteiger partial charge in [0.05, 0.1) is 26.0 Å². The molecule has 0 amide bonds. The van der Waals surface area contributed by atoms with Gasteiger partial charge in [0, 0.05) is 19.3 Å². The third kappa shape index (κ3) is 4.43. The first-order chi connectivity index (χ1) is 8.10. The maximum atomic E-state index is 11.7. The third-order valence-electron chi connectivity index (χ3n) is 1.99. The highest BCUT2D eigenvalue weighted by Crippen LogP contribution is 2.06. The molecule has 0 atom stereocenters. The second-order valence-electron chi connectivity index (χ2n) is 3.26. The minimum Gasteiger partial charge on any atom is -0.394 e. The molecule has 17 heavy (non-hydrogen) atoms. The summed E-state index contributed by atoms with van der Waals surface area (Å²) in [6, 6.07) is 0. The lowest BCUT2D eigenvalue weighted by molar-refractivity contribution is 0.153. The summed E-state index contributed by atoms with van der Waals surface area (Å²) in [5.41, 5.74) is 0. The Bertz CT molecular complexity index is 429. The van der Waals surface area contributed by atoms with E-state index in [4.69, 9.17) is 9.84 Å². The van der Waals surface area contributed by atoms with E-state index in [2.05, 4.69) is 9.82 Å². The van der Waals surface area contributed by atoms with Gasteiger partial charge in [0.2, 0.25) is 10.0 Å². The van der Waals surface area contributed by atoms with Crippen molar-refractivity contribution >= 4 is 10.0 Å². The molecule has 0 spiro atoms. The van der Waals surface area contributed by atoms with Crippen molar-refractivity contribution in [1.82, 2.24) is 14.5 Å². The Morgan fingerprint density at radius 3 is 3.00 bits per heavy atom. The Balaban J connectivity index is 2.56. The summed E-state index contributed by atoms with van der Waals surface area (Å²) in [5, 5.41) is 12.5. The number of ether oxygens (including phenoxy) is 1. The monoisotopic (exact) mass is 263 g/mol. The zero-order valence-corrected chi connectivity index (χ0v) is 10.5. The van der Waals surface area contributed by atoms with Crippen molar-refractivity contribution in [2.45, 2.75) is 18.4 Å². The molecule has 0 saturated heterocycles. The molecular formula is C9H17N3O4S. The summed E-state index contributed by atoms with van der Waals surface area (Å²) in [6.07, 6.45) is 2.62. The molecule has 8 heteroatoms. The second-order valence-corrected chi connectivity index (χ2v) is 5.02. The maximum absolute atomic E-state index is 11.7. The van der Waals surface area contributed by atoms with Crippen molar-refractivity contribution in [3.8, 4) is 0 Å². The number of hydrogen-bond acceptors (Lipinski definition) is 5. The quantitative estimate of drug-likeness (QED) is 0.598. The normalized spacial score (nSPS) is 11.9. The van der Waals surface area contributed by atoms with E-state index in [0.717, 1.165) is 0 Å². The molecule has 2 N–H and O–H groups in total. The first-order valence-corrected chi connectivity index (χ1v) is 6.79. The number of aromatic nitrogens is 2. The highest BCUT2D eigenvalue weighted by Gasteiger charge is 2.15. The molecular weight excluding hydrogens is 246 g/mol. The summed E-state index contributed by atoms with van der Waals surface area (Å²) in [5.74, 6) is 0. The van der Waals surface area contributed by atoms with Gasteiger partial charge in [0.15, 0.2) is 0 Å². The van der Waals surface area contributed by atoms with Crippen LogP contribution >= 0.6 is 0 Å². The number of aliphatic hydroxyl groups excluding tert-OH is 1. The lowest BCUT2D eigenvalue weighted by Crippen LogP contribution is -2.27. The average Bonchev–Trinajstić information content (AvgIpc) is 2.74. The van der Waals surface area contributed by atoms with Gasteiger partial charge in [-0.1, -0.05) is 0 Å². The van der Waals surface area contributed by atoms with Crippen LogP contribution in [-0.2, 0) is 21.3 Å². The van der Waals surface area contributed by atoms with Crippen molar-refractivity contribution in [3.05, 3.63) is 12.4 Å².